The van der Waals surface area contributed by atoms with Crippen molar-refractivity contribution in [1.82, 2.24) is 9.78 Å². The van der Waals surface area contributed by atoms with Crippen molar-refractivity contribution < 1.29 is 9.66 Å². The van der Waals surface area contributed by atoms with Crippen molar-refractivity contribution in [1.29, 1.82) is 0 Å². The number of benzene rings is 3. The Morgan fingerprint density at radius 2 is 1.79 bits per heavy atom. The van der Waals surface area contributed by atoms with Gasteiger partial charge in [0.05, 0.1) is 16.3 Å². The lowest BCUT2D eigenvalue weighted by molar-refractivity contribution is -0.385. The maximum absolute atomic E-state index is 11.2. The minimum Gasteiger partial charge on any atom is -0.464 e. The minimum absolute atomic E-state index is 0.0202. The van der Waals surface area contributed by atoms with Crippen LogP contribution in [0.25, 0.3) is 22.5 Å². The zero-order valence-electron chi connectivity index (χ0n) is 15.0. The summed E-state index contributed by atoms with van der Waals surface area (Å²) in [6.07, 6.45) is -0.594. The van der Waals surface area contributed by atoms with E-state index in [2.05, 4.69) is 15.9 Å². The fraction of sp³-hybridized carbons (Fsp3) is 0.0455. The van der Waals surface area contributed by atoms with Crippen LogP contribution in [-0.2, 0) is 0 Å². The van der Waals surface area contributed by atoms with Crippen LogP contribution < -0.4 is 4.74 Å². The van der Waals surface area contributed by atoms with Crippen LogP contribution in [0, 0.1) is 10.1 Å². The SMILES string of the molecule is O=[N+]([O-])c1cccc(C2Oc3ccccc3-c3cc(-c4ccc(Br)cc4)nn32)c1. The van der Waals surface area contributed by atoms with Crippen molar-refractivity contribution >= 4 is 21.6 Å². The lowest BCUT2D eigenvalue weighted by Gasteiger charge is -2.27. The molecule has 0 amide bonds. The molecule has 1 aromatic heterocycles. The van der Waals surface area contributed by atoms with Crippen molar-refractivity contribution in [2.45, 2.75) is 6.23 Å². The van der Waals surface area contributed by atoms with Crippen LogP contribution in [0.1, 0.15) is 11.8 Å². The molecule has 1 unspecified atom stereocenters. The predicted molar refractivity (Wildman–Crippen MR) is 113 cm³/mol. The van der Waals surface area contributed by atoms with Gasteiger partial charge in [0, 0.05) is 33.3 Å². The standard InChI is InChI=1S/C22H14BrN3O3/c23-16-10-8-14(9-11-16)19-13-20-18-6-1-2-7-21(18)29-22(25(20)24-19)15-4-3-5-17(12-15)26(27)28/h1-13,22H. The van der Waals surface area contributed by atoms with Crippen LogP contribution in [0.4, 0.5) is 5.69 Å². The minimum atomic E-state index is -0.594. The monoisotopic (exact) mass is 447 g/mol. The Kier molecular flexibility index (Phi) is 4.17. The lowest BCUT2D eigenvalue weighted by Crippen LogP contribution is -2.23. The summed E-state index contributed by atoms with van der Waals surface area (Å²) in [6.45, 7) is 0. The third kappa shape index (κ3) is 3.09. The van der Waals surface area contributed by atoms with Gasteiger partial charge in [0.2, 0.25) is 6.23 Å². The van der Waals surface area contributed by atoms with Gasteiger partial charge in [0.1, 0.15) is 5.75 Å². The first-order chi connectivity index (χ1) is 14.1. The second kappa shape index (κ2) is 6.86. The van der Waals surface area contributed by atoms with E-state index in [0.29, 0.717) is 5.56 Å². The van der Waals surface area contributed by atoms with Gasteiger partial charge in [-0.1, -0.05) is 52.3 Å². The van der Waals surface area contributed by atoms with Crippen molar-refractivity contribution in [2.24, 2.45) is 0 Å². The number of aromatic nitrogens is 2. The van der Waals surface area contributed by atoms with Gasteiger partial charge in [-0.15, -0.1) is 0 Å². The molecule has 0 fully saturated rings. The Balaban J connectivity index is 1.68. The molecule has 0 spiro atoms. The number of nitro benzene ring substituents is 1. The summed E-state index contributed by atoms with van der Waals surface area (Å²) < 4.78 is 9.00. The number of ether oxygens (including phenoxy) is 1. The molecule has 7 heteroatoms. The molecule has 0 aliphatic carbocycles. The van der Waals surface area contributed by atoms with Crippen molar-refractivity contribution in [2.75, 3.05) is 0 Å². The van der Waals surface area contributed by atoms with E-state index in [0.717, 1.165) is 32.7 Å². The maximum atomic E-state index is 11.2. The zero-order chi connectivity index (χ0) is 20.0. The second-order valence-corrected chi connectivity index (χ2v) is 7.60. The molecule has 5 rings (SSSR count). The van der Waals surface area contributed by atoms with Crippen molar-refractivity contribution in [3.05, 3.63) is 99.0 Å². The molecule has 2 heterocycles. The second-order valence-electron chi connectivity index (χ2n) is 6.68. The number of nitrogens with zero attached hydrogens (tertiary/aromatic N) is 3. The summed E-state index contributed by atoms with van der Waals surface area (Å²) in [5.74, 6) is 0.721. The third-order valence-corrected chi connectivity index (χ3v) is 5.39. The molecule has 0 N–H and O–H groups in total. The van der Waals surface area contributed by atoms with Crippen LogP contribution in [0.5, 0.6) is 5.75 Å². The van der Waals surface area contributed by atoms with E-state index in [4.69, 9.17) is 9.84 Å². The van der Waals surface area contributed by atoms with E-state index in [9.17, 15) is 10.1 Å². The Morgan fingerprint density at radius 3 is 2.59 bits per heavy atom. The average Bonchev–Trinajstić information content (AvgIpc) is 3.19. The molecule has 29 heavy (non-hydrogen) atoms. The summed E-state index contributed by atoms with van der Waals surface area (Å²) >= 11 is 3.45. The predicted octanol–water partition coefficient (Wildman–Crippen LogP) is 5.83. The molecule has 3 aromatic carbocycles. The molecule has 1 atom stereocenters. The first-order valence-electron chi connectivity index (χ1n) is 8.96. The molecule has 0 saturated carbocycles. The van der Waals surface area contributed by atoms with Crippen molar-refractivity contribution in [3.63, 3.8) is 0 Å². The topological polar surface area (TPSA) is 70.2 Å². The Hall–Kier alpha value is -3.45. The van der Waals surface area contributed by atoms with Gasteiger partial charge >= 0.3 is 0 Å². The van der Waals surface area contributed by atoms with E-state index < -0.39 is 11.2 Å². The summed E-state index contributed by atoms with van der Waals surface area (Å²) in [6, 6.07) is 24.2. The van der Waals surface area contributed by atoms with Gasteiger partial charge in [0.25, 0.3) is 5.69 Å². The highest BCUT2D eigenvalue weighted by Gasteiger charge is 2.29. The smallest absolute Gasteiger partial charge is 0.269 e. The lowest BCUT2D eigenvalue weighted by atomic mass is 10.1. The van der Waals surface area contributed by atoms with Crippen LogP contribution in [0.3, 0.4) is 0 Å². The van der Waals surface area contributed by atoms with E-state index in [-0.39, 0.29) is 5.69 Å². The van der Waals surface area contributed by atoms with Crippen LogP contribution in [0.2, 0.25) is 0 Å². The van der Waals surface area contributed by atoms with Gasteiger partial charge in [-0.25, -0.2) is 4.68 Å². The number of rotatable bonds is 3. The number of hydrogen-bond donors (Lipinski definition) is 0. The summed E-state index contributed by atoms with van der Waals surface area (Å²) in [7, 11) is 0. The van der Waals surface area contributed by atoms with E-state index >= 15 is 0 Å². The molecule has 1 aliphatic heterocycles. The van der Waals surface area contributed by atoms with E-state index in [1.807, 2.05) is 60.7 Å². The summed E-state index contributed by atoms with van der Waals surface area (Å²) in [5.41, 5.74) is 4.31. The van der Waals surface area contributed by atoms with E-state index in [1.54, 1.807) is 10.7 Å². The molecule has 142 valence electrons. The number of halogens is 1. The molecule has 0 bridgehead atoms. The number of para-hydroxylation sites is 1. The molecule has 0 radical (unpaired) electrons. The largest absolute Gasteiger partial charge is 0.464 e. The average molecular weight is 448 g/mol. The maximum Gasteiger partial charge on any atom is 0.269 e. The number of non-ortho nitro benzene ring substituents is 1. The molecular formula is C22H14BrN3O3. The fourth-order valence-corrected chi connectivity index (χ4v) is 3.75. The van der Waals surface area contributed by atoms with E-state index in [1.165, 1.54) is 12.1 Å². The van der Waals surface area contributed by atoms with Crippen molar-refractivity contribution in [3.8, 4) is 28.3 Å². The molecular weight excluding hydrogens is 434 g/mol. The first kappa shape index (κ1) is 17.6. The molecule has 4 aromatic rings. The molecule has 0 saturated heterocycles. The number of hydrogen-bond acceptors (Lipinski definition) is 4. The Bertz CT molecular complexity index is 1230. The third-order valence-electron chi connectivity index (χ3n) is 4.87. The number of nitro groups is 1. The van der Waals surface area contributed by atoms with Crippen LogP contribution >= 0.6 is 15.9 Å². The molecule has 6 nitrogen and oxygen atoms in total. The van der Waals surface area contributed by atoms with Crippen LogP contribution in [0.15, 0.2) is 83.3 Å². The zero-order valence-corrected chi connectivity index (χ0v) is 16.6. The van der Waals surface area contributed by atoms with Gasteiger partial charge in [-0.2, -0.15) is 5.10 Å². The fourth-order valence-electron chi connectivity index (χ4n) is 3.49. The highest BCUT2D eigenvalue weighted by Crippen LogP contribution is 2.42. The quantitative estimate of drug-likeness (QED) is 0.292. The Labute approximate surface area is 174 Å². The van der Waals surface area contributed by atoms with Crippen LogP contribution in [-0.4, -0.2) is 14.7 Å². The highest BCUT2D eigenvalue weighted by molar-refractivity contribution is 9.10. The summed E-state index contributed by atoms with van der Waals surface area (Å²) in [4.78, 5) is 10.8. The Morgan fingerprint density at radius 1 is 1.00 bits per heavy atom. The highest BCUT2D eigenvalue weighted by atomic mass is 79.9. The van der Waals surface area contributed by atoms with Gasteiger partial charge in [0.15, 0.2) is 0 Å². The molecule has 1 aliphatic rings. The first-order valence-corrected chi connectivity index (χ1v) is 9.75. The van der Waals surface area contributed by atoms with Gasteiger partial charge in [-0.3, -0.25) is 10.1 Å². The summed E-state index contributed by atoms with van der Waals surface area (Å²) in [5, 5.41) is 16.0. The number of fused-ring (bicyclic) bond motifs is 3. The van der Waals surface area contributed by atoms with Gasteiger partial charge in [-0.05, 0) is 30.3 Å². The van der Waals surface area contributed by atoms with Gasteiger partial charge < -0.3 is 4.74 Å². The normalized spacial score (nSPS) is 14.6.